The molecule has 18 heavy (non-hydrogen) atoms. The van der Waals surface area contributed by atoms with Crippen LogP contribution in [0.25, 0.3) is 0 Å². The zero-order valence-electron chi connectivity index (χ0n) is 9.18. The van der Waals surface area contributed by atoms with Gasteiger partial charge < -0.3 is 5.73 Å². The molecule has 2 N–H and O–H groups in total. The van der Waals surface area contributed by atoms with Crippen molar-refractivity contribution in [2.75, 3.05) is 10.2 Å². The second kappa shape index (κ2) is 5.25. The molecule has 0 aliphatic heterocycles. The second-order valence-corrected chi connectivity index (χ2v) is 4.28. The number of anilines is 2. The van der Waals surface area contributed by atoms with Crippen LogP contribution in [0.3, 0.4) is 0 Å². The van der Waals surface area contributed by atoms with Crippen molar-refractivity contribution in [3.63, 3.8) is 0 Å². The molecule has 2 rings (SSSR count). The predicted molar refractivity (Wildman–Crippen MR) is 72.8 cm³/mol. The summed E-state index contributed by atoms with van der Waals surface area (Å²) in [6.45, 7) is 0. The van der Waals surface area contributed by atoms with Crippen molar-refractivity contribution < 1.29 is 4.79 Å². The Balaban J connectivity index is 2.34. The SMILES string of the molecule is Nc1ccc(Cl)cc1C(=O)N(Cl)c1ccccn1. The standard InChI is InChI=1S/C12H9Cl2N3O/c13-8-4-5-10(15)9(7-8)12(18)17(14)11-3-1-2-6-16-11/h1-7H,15H2. The van der Waals surface area contributed by atoms with Crippen molar-refractivity contribution in [3.05, 3.63) is 53.2 Å². The van der Waals surface area contributed by atoms with Gasteiger partial charge in [0, 0.05) is 28.7 Å². The Morgan fingerprint density at radius 3 is 2.72 bits per heavy atom. The number of aromatic nitrogens is 1. The van der Waals surface area contributed by atoms with Crippen molar-refractivity contribution in [1.29, 1.82) is 0 Å². The summed E-state index contributed by atoms with van der Waals surface area (Å²) in [5.41, 5.74) is 6.27. The first-order chi connectivity index (χ1) is 8.59. The minimum atomic E-state index is -0.477. The highest BCUT2D eigenvalue weighted by Gasteiger charge is 2.19. The summed E-state index contributed by atoms with van der Waals surface area (Å²) in [6.07, 6.45) is 1.54. The molecule has 0 radical (unpaired) electrons. The van der Waals surface area contributed by atoms with E-state index < -0.39 is 5.91 Å². The first kappa shape index (κ1) is 12.7. The Morgan fingerprint density at radius 1 is 1.28 bits per heavy atom. The molecule has 0 aliphatic carbocycles. The largest absolute Gasteiger partial charge is 0.398 e. The zero-order valence-corrected chi connectivity index (χ0v) is 10.7. The van der Waals surface area contributed by atoms with Gasteiger partial charge in [-0.1, -0.05) is 17.7 Å². The summed E-state index contributed by atoms with van der Waals surface area (Å²) >= 11 is 11.8. The van der Waals surface area contributed by atoms with Crippen LogP contribution in [-0.4, -0.2) is 10.9 Å². The number of hydrogen-bond donors (Lipinski definition) is 1. The molecule has 1 heterocycles. The lowest BCUT2D eigenvalue weighted by molar-refractivity contribution is 0.101. The first-order valence-electron chi connectivity index (χ1n) is 5.06. The van der Waals surface area contributed by atoms with E-state index in [-0.39, 0.29) is 5.56 Å². The molecular weight excluding hydrogens is 273 g/mol. The zero-order chi connectivity index (χ0) is 13.1. The van der Waals surface area contributed by atoms with Gasteiger partial charge in [0.05, 0.1) is 5.56 Å². The quantitative estimate of drug-likeness (QED) is 0.680. The van der Waals surface area contributed by atoms with Crippen LogP contribution >= 0.6 is 23.4 Å². The number of carbonyl (C=O) groups is 1. The van der Waals surface area contributed by atoms with Crippen molar-refractivity contribution in [3.8, 4) is 0 Å². The fourth-order valence-electron chi connectivity index (χ4n) is 1.39. The lowest BCUT2D eigenvalue weighted by Crippen LogP contribution is -2.22. The van der Waals surface area contributed by atoms with E-state index >= 15 is 0 Å². The van der Waals surface area contributed by atoms with E-state index in [9.17, 15) is 4.79 Å². The van der Waals surface area contributed by atoms with Gasteiger partial charge in [0.15, 0.2) is 5.82 Å². The van der Waals surface area contributed by atoms with Crippen molar-refractivity contribution in [1.82, 2.24) is 4.98 Å². The monoisotopic (exact) mass is 281 g/mol. The molecule has 0 saturated carbocycles. The number of nitrogen functional groups attached to an aromatic ring is 1. The molecule has 0 saturated heterocycles. The molecule has 0 fully saturated rings. The molecule has 1 aromatic heterocycles. The third-order valence-corrected chi connectivity index (χ3v) is 2.84. The highest BCUT2D eigenvalue weighted by molar-refractivity contribution is 6.40. The topological polar surface area (TPSA) is 59.2 Å². The first-order valence-corrected chi connectivity index (χ1v) is 5.77. The minimum absolute atomic E-state index is 0.239. The van der Waals surface area contributed by atoms with E-state index in [1.807, 2.05) is 0 Å². The number of nitrogens with zero attached hydrogens (tertiary/aromatic N) is 2. The van der Waals surface area contributed by atoms with Gasteiger partial charge in [0.1, 0.15) is 0 Å². The maximum Gasteiger partial charge on any atom is 0.276 e. The summed E-state index contributed by atoms with van der Waals surface area (Å²) in [6, 6.07) is 9.70. The van der Waals surface area contributed by atoms with Crippen molar-refractivity contribution >= 4 is 40.8 Å². The average molecular weight is 282 g/mol. The van der Waals surface area contributed by atoms with Gasteiger partial charge in [-0.2, -0.15) is 4.42 Å². The third kappa shape index (κ3) is 2.55. The van der Waals surface area contributed by atoms with Crippen LogP contribution in [0.15, 0.2) is 42.6 Å². The normalized spacial score (nSPS) is 10.1. The number of nitrogens with two attached hydrogens (primary N) is 1. The Bertz CT molecular complexity index is 575. The maximum atomic E-state index is 12.1. The van der Waals surface area contributed by atoms with Gasteiger partial charge in [-0.15, -0.1) is 0 Å². The van der Waals surface area contributed by atoms with Crippen LogP contribution in [0.1, 0.15) is 10.4 Å². The van der Waals surface area contributed by atoms with E-state index in [0.717, 1.165) is 4.42 Å². The smallest absolute Gasteiger partial charge is 0.276 e. The van der Waals surface area contributed by atoms with E-state index in [1.165, 1.54) is 6.07 Å². The minimum Gasteiger partial charge on any atom is -0.398 e. The number of amides is 1. The number of carbonyl (C=O) groups excluding carboxylic acids is 1. The summed E-state index contributed by atoms with van der Waals surface area (Å²) < 4.78 is 0.905. The fourth-order valence-corrected chi connectivity index (χ4v) is 1.76. The van der Waals surface area contributed by atoms with Crippen LogP contribution in [0.5, 0.6) is 0 Å². The summed E-state index contributed by atoms with van der Waals surface area (Å²) in [5.74, 6) is -0.154. The Morgan fingerprint density at radius 2 is 2.06 bits per heavy atom. The van der Waals surface area contributed by atoms with Crippen LogP contribution < -0.4 is 10.2 Å². The molecule has 1 amide bonds. The molecule has 1 aromatic carbocycles. The van der Waals surface area contributed by atoms with Crippen molar-refractivity contribution in [2.45, 2.75) is 0 Å². The van der Waals surface area contributed by atoms with E-state index in [2.05, 4.69) is 4.98 Å². The molecule has 92 valence electrons. The van der Waals surface area contributed by atoms with E-state index in [0.29, 0.717) is 16.5 Å². The van der Waals surface area contributed by atoms with Gasteiger partial charge in [-0.3, -0.25) is 4.79 Å². The average Bonchev–Trinajstić information content (AvgIpc) is 2.41. The Labute approximate surface area is 114 Å². The maximum absolute atomic E-state index is 12.1. The summed E-state index contributed by atoms with van der Waals surface area (Å²) in [7, 11) is 0. The van der Waals surface area contributed by atoms with E-state index in [4.69, 9.17) is 29.1 Å². The highest BCUT2D eigenvalue weighted by Crippen LogP contribution is 2.23. The van der Waals surface area contributed by atoms with Gasteiger partial charge >= 0.3 is 0 Å². The number of rotatable bonds is 2. The molecule has 0 unspecified atom stereocenters. The molecule has 4 nitrogen and oxygen atoms in total. The fraction of sp³-hybridized carbons (Fsp3) is 0. The lowest BCUT2D eigenvalue weighted by Gasteiger charge is -2.14. The Hall–Kier alpha value is -1.78. The van der Waals surface area contributed by atoms with Crippen LogP contribution in [0.2, 0.25) is 5.02 Å². The predicted octanol–water partition coefficient (Wildman–Crippen LogP) is 3.12. The molecule has 0 spiro atoms. The molecular formula is C12H9Cl2N3O. The lowest BCUT2D eigenvalue weighted by atomic mass is 10.1. The van der Waals surface area contributed by atoms with E-state index in [1.54, 1.807) is 36.5 Å². The molecule has 0 aliphatic rings. The van der Waals surface area contributed by atoms with Gasteiger partial charge in [0.25, 0.3) is 5.91 Å². The van der Waals surface area contributed by atoms with Crippen LogP contribution in [0.4, 0.5) is 11.5 Å². The van der Waals surface area contributed by atoms with Gasteiger partial charge in [0.2, 0.25) is 0 Å². The summed E-state index contributed by atoms with van der Waals surface area (Å²) in [5, 5.41) is 0.415. The van der Waals surface area contributed by atoms with Gasteiger partial charge in [-0.25, -0.2) is 4.98 Å². The molecule has 0 atom stereocenters. The third-order valence-electron chi connectivity index (χ3n) is 2.27. The Kier molecular flexibility index (Phi) is 3.69. The van der Waals surface area contributed by atoms with Crippen LogP contribution in [-0.2, 0) is 0 Å². The van der Waals surface area contributed by atoms with Crippen molar-refractivity contribution in [2.24, 2.45) is 0 Å². The highest BCUT2D eigenvalue weighted by atomic mass is 35.5. The number of halogens is 2. The number of benzene rings is 1. The van der Waals surface area contributed by atoms with Gasteiger partial charge in [-0.05, 0) is 30.3 Å². The number of hydrogen-bond acceptors (Lipinski definition) is 3. The molecule has 6 heteroatoms. The number of pyridine rings is 1. The molecule has 0 bridgehead atoms. The second-order valence-electron chi connectivity index (χ2n) is 3.51. The summed E-state index contributed by atoms with van der Waals surface area (Å²) in [4.78, 5) is 16.1. The van der Waals surface area contributed by atoms with Crippen LogP contribution in [0, 0.1) is 0 Å². The molecule has 2 aromatic rings.